The number of piperazine rings is 1. The molecule has 1 aliphatic carbocycles. The summed E-state index contributed by atoms with van der Waals surface area (Å²) >= 11 is 0. The molecule has 4 heterocycles. The highest BCUT2D eigenvalue weighted by atomic mass is 16.3. The van der Waals surface area contributed by atoms with Crippen molar-refractivity contribution in [2.24, 2.45) is 0 Å². The molecule has 180 valence electrons. The number of carbonyl (C=O) groups excluding carboxylic acids is 2. The van der Waals surface area contributed by atoms with Crippen LogP contribution < -0.4 is 5.32 Å². The Morgan fingerprint density at radius 2 is 1.85 bits per heavy atom. The molecule has 2 amide bonds. The van der Waals surface area contributed by atoms with Crippen molar-refractivity contribution < 1.29 is 14.0 Å². The normalized spacial score (nSPS) is 25.9. The Balaban J connectivity index is 1.40. The first-order chi connectivity index (χ1) is 16.0. The number of carbonyl (C=O) groups is 2. The first-order valence-corrected chi connectivity index (χ1v) is 12.6. The molecule has 8 nitrogen and oxygen atoms in total. The molecule has 2 fully saturated rings. The summed E-state index contributed by atoms with van der Waals surface area (Å²) in [6, 6.07) is 3.91. The van der Waals surface area contributed by atoms with Crippen molar-refractivity contribution in [1.82, 2.24) is 24.6 Å². The van der Waals surface area contributed by atoms with Crippen molar-refractivity contribution in [2.75, 3.05) is 46.3 Å². The predicted molar refractivity (Wildman–Crippen MR) is 127 cm³/mol. The van der Waals surface area contributed by atoms with Crippen LogP contribution in [0.15, 0.2) is 22.8 Å². The zero-order valence-electron chi connectivity index (χ0n) is 20.0. The molecular formula is C25H37N5O3. The summed E-state index contributed by atoms with van der Waals surface area (Å²) in [5, 5.41) is 3.34. The minimum atomic E-state index is -0.938. The third-order valence-corrected chi connectivity index (χ3v) is 7.96. The summed E-state index contributed by atoms with van der Waals surface area (Å²) in [4.78, 5) is 34.1. The van der Waals surface area contributed by atoms with Crippen LogP contribution in [0.3, 0.4) is 0 Å². The fourth-order valence-electron chi connectivity index (χ4n) is 5.70. The van der Waals surface area contributed by atoms with Crippen LogP contribution in [0.1, 0.15) is 55.9 Å². The van der Waals surface area contributed by atoms with Crippen molar-refractivity contribution >= 4 is 22.9 Å². The highest BCUT2D eigenvalue weighted by Gasteiger charge is 2.48. The van der Waals surface area contributed by atoms with Crippen LogP contribution in [0.25, 0.3) is 11.1 Å². The van der Waals surface area contributed by atoms with Gasteiger partial charge in [0.25, 0.3) is 5.91 Å². The fourth-order valence-corrected chi connectivity index (χ4v) is 5.70. The standard InChI is InChI=1S/C25H37N5O3/c1-25(24(32)26-19-7-5-3-4-6-8-19)18-29-20-9-16-33-22(20)17-21(29)23(31)30(25)15-14-28-12-10-27(2)11-13-28/h9,16-17,19H,3-8,10-15,18H2,1-2H3,(H,26,32). The lowest BCUT2D eigenvalue weighted by Gasteiger charge is -2.45. The molecule has 1 atom stereocenters. The minimum Gasteiger partial charge on any atom is -0.463 e. The van der Waals surface area contributed by atoms with Crippen molar-refractivity contribution in [2.45, 2.75) is 63.6 Å². The zero-order valence-corrected chi connectivity index (χ0v) is 20.0. The van der Waals surface area contributed by atoms with E-state index in [2.05, 4.69) is 22.2 Å². The van der Waals surface area contributed by atoms with E-state index in [4.69, 9.17) is 4.42 Å². The van der Waals surface area contributed by atoms with Crippen molar-refractivity contribution in [1.29, 1.82) is 0 Å². The van der Waals surface area contributed by atoms with Gasteiger partial charge in [-0.1, -0.05) is 25.7 Å². The maximum absolute atomic E-state index is 13.8. The van der Waals surface area contributed by atoms with Crippen LogP contribution in [0.5, 0.6) is 0 Å². The lowest BCUT2D eigenvalue weighted by Crippen LogP contribution is -2.66. The highest BCUT2D eigenvalue weighted by Crippen LogP contribution is 2.33. The Hall–Kier alpha value is -2.32. The van der Waals surface area contributed by atoms with Crippen LogP contribution >= 0.6 is 0 Å². The highest BCUT2D eigenvalue weighted by molar-refractivity contribution is 6.02. The molecule has 1 saturated carbocycles. The summed E-state index contributed by atoms with van der Waals surface area (Å²) in [6.07, 6.45) is 8.49. The number of amides is 2. The number of aromatic nitrogens is 1. The second kappa shape index (κ2) is 9.14. The van der Waals surface area contributed by atoms with E-state index in [1.54, 1.807) is 6.26 Å². The number of nitrogens with one attached hydrogen (secondary N) is 1. The lowest BCUT2D eigenvalue weighted by atomic mass is 9.93. The van der Waals surface area contributed by atoms with Gasteiger partial charge in [0.05, 0.1) is 18.3 Å². The fraction of sp³-hybridized carbons (Fsp3) is 0.680. The molecule has 2 aromatic rings. The molecule has 33 heavy (non-hydrogen) atoms. The van der Waals surface area contributed by atoms with Gasteiger partial charge < -0.3 is 24.1 Å². The molecular weight excluding hydrogens is 418 g/mol. The average Bonchev–Trinajstić information content (AvgIpc) is 3.29. The molecule has 1 saturated heterocycles. The maximum atomic E-state index is 13.8. The number of fused-ring (bicyclic) bond motifs is 3. The molecule has 2 aromatic heterocycles. The molecule has 5 rings (SSSR count). The van der Waals surface area contributed by atoms with Gasteiger partial charge in [-0.15, -0.1) is 0 Å². The Morgan fingerprint density at radius 1 is 1.12 bits per heavy atom. The third-order valence-electron chi connectivity index (χ3n) is 7.96. The van der Waals surface area contributed by atoms with E-state index in [-0.39, 0.29) is 17.9 Å². The molecule has 1 N–H and O–H groups in total. The molecule has 0 bridgehead atoms. The number of hydrogen-bond donors (Lipinski definition) is 1. The Labute approximate surface area is 195 Å². The number of likely N-dealkylation sites (N-methyl/N-ethyl adjacent to an activating group) is 1. The summed E-state index contributed by atoms with van der Waals surface area (Å²) < 4.78 is 7.55. The molecule has 2 aliphatic heterocycles. The molecule has 0 spiro atoms. The third kappa shape index (κ3) is 4.30. The van der Waals surface area contributed by atoms with Crippen molar-refractivity contribution in [3.05, 3.63) is 24.1 Å². The minimum absolute atomic E-state index is 0.0304. The van der Waals surface area contributed by atoms with Gasteiger partial charge in [-0.3, -0.25) is 14.5 Å². The second-order valence-electron chi connectivity index (χ2n) is 10.3. The first-order valence-electron chi connectivity index (χ1n) is 12.6. The SMILES string of the molecule is CN1CCN(CCN2C(=O)c3cc4occc4n3CC2(C)C(=O)NC2CCCCCC2)CC1. The Morgan fingerprint density at radius 3 is 2.58 bits per heavy atom. The van der Waals surface area contributed by atoms with E-state index in [0.717, 1.165) is 63.9 Å². The number of rotatable bonds is 5. The van der Waals surface area contributed by atoms with E-state index < -0.39 is 5.54 Å². The van der Waals surface area contributed by atoms with Gasteiger partial charge >= 0.3 is 0 Å². The number of hydrogen-bond acceptors (Lipinski definition) is 5. The average molecular weight is 456 g/mol. The van der Waals surface area contributed by atoms with E-state index >= 15 is 0 Å². The van der Waals surface area contributed by atoms with E-state index in [0.29, 0.717) is 24.4 Å². The summed E-state index contributed by atoms with van der Waals surface area (Å²) in [6.45, 7) is 7.76. The van der Waals surface area contributed by atoms with Crippen LogP contribution in [0, 0.1) is 0 Å². The zero-order chi connectivity index (χ0) is 23.0. The molecule has 1 unspecified atom stereocenters. The van der Waals surface area contributed by atoms with Gasteiger partial charge in [0.1, 0.15) is 11.2 Å². The Bertz CT molecular complexity index is 997. The van der Waals surface area contributed by atoms with Gasteiger partial charge in [-0.05, 0) is 26.8 Å². The second-order valence-corrected chi connectivity index (χ2v) is 10.3. The van der Waals surface area contributed by atoms with Crippen LogP contribution in [0.4, 0.5) is 0 Å². The van der Waals surface area contributed by atoms with Gasteiger partial charge in [-0.25, -0.2) is 0 Å². The summed E-state index contributed by atoms with van der Waals surface area (Å²) in [5.41, 5.74) is 1.26. The van der Waals surface area contributed by atoms with Gasteiger partial charge in [0.2, 0.25) is 5.91 Å². The quantitative estimate of drug-likeness (QED) is 0.702. The van der Waals surface area contributed by atoms with Crippen LogP contribution in [0.2, 0.25) is 0 Å². The number of nitrogens with zero attached hydrogens (tertiary/aromatic N) is 4. The molecule has 0 aromatic carbocycles. The predicted octanol–water partition coefficient (Wildman–Crippen LogP) is 2.54. The van der Waals surface area contributed by atoms with Crippen LogP contribution in [-0.2, 0) is 11.3 Å². The largest absolute Gasteiger partial charge is 0.463 e. The van der Waals surface area contributed by atoms with E-state index in [9.17, 15) is 9.59 Å². The van der Waals surface area contributed by atoms with E-state index in [1.165, 1.54) is 12.8 Å². The first kappa shape index (κ1) is 22.5. The Kier molecular flexibility index (Phi) is 6.22. The van der Waals surface area contributed by atoms with Crippen molar-refractivity contribution in [3.63, 3.8) is 0 Å². The molecule has 8 heteroatoms. The lowest BCUT2D eigenvalue weighted by molar-refractivity contribution is -0.133. The van der Waals surface area contributed by atoms with Crippen molar-refractivity contribution in [3.8, 4) is 0 Å². The molecule has 3 aliphatic rings. The van der Waals surface area contributed by atoms with Gasteiger partial charge in [-0.2, -0.15) is 0 Å². The van der Waals surface area contributed by atoms with Gasteiger partial charge in [0.15, 0.2) is 5.58 Å². The smallest absolute Gasteiger partial charge is 0.271 e. The number of furan rings is 1. The summed E-state index contributed by atoms with van der Waals surface area (Å²) in [5.74, 6) is -0.114. The topological polar surface area (TPSA) is 74.0 Å². The van der Waals surface area contributed by atoms with E-state index in [1.807, 2.05) is 28.5 Å². The van der Waals surface area contributed by atoms with Crippen LogP contribution in [-0.4, -0.2) is 89.0 Å². The molecule has 0 radical (unpaired) electrons. The maximum Gasteiger partial charge on any atom is 0.271 e. The summed E-state index contributed by atoms with van der Waals surface area (Å²) in [7, 11) is 2.14. The van der Waals surface area contributed by atoms with Gasteiger partial charge in [0, 0.05) is 57.4 Å². The monoisotopic (exact) mass is 455 g/mol.